The molecule has 132 valence electrons. The van der Waals surface area contributed by atoms with E-state index in [0.717, 1.165) is 45.4 Å². The molecule has 2 saturated heterocycles. The molecule has 0 aromatic heterocycles. The second kappa shape index (κ2) is 7.84. The molecule has 3 rings (SSSR count). The smallest absolute Gasteiger partial charge is 0.193 e. The molecule has 1 N–H and O–H groups in total. The third kappa shape index (κ3) is 4.18. The van der Waals surface area contributed by atoms with Gasteiger partial charge in [-0.1, -0.05) is 19.8 Å². The van der Waals surface area contributed by atoms with Gasteiger partial charge in [0.25, 0.3) is 0 Å². The first kappa shape index (κ1) is 17.0. The molecule has 0 aromatic carbocycles. The molecule has 5 heteroatoms. The fraction of sp³-hybridized carbons (Fsp3) is 0.944. The fourth-order valence-electron chi connectivity index (χ4n) is 4.32. The van der Waals surface area contributed by atoms with Gasteiger partial charge in [-0.05, 0) is 31.6 Å². The maximum Gasteiger partial charge on any atom is 0.193 e. The lowest BCUT2D eigenvalue weighted by atomic mass is 9.87. The van der Waals surface area contributed by atoms with Crippen molar-refractivity contribution in [3.8, 4) is 0 Å². The van der Waals surface area contributed by atoms with Gasteiger partial charge in [-0.15, -0.1) is 0 Å². The summed E-state index contributed by atoms with van der Waals surface area (Å²) in [5, 5.41) is 3.48. The fourth-order valence-corrected chi connectivity index (χ4v) is 4.32. The van der Waals surface area contributed by atoms with Crippen LogP contribution in [-0.2, 0) is 9.47 Å². The van der Waals surface area contributed by atoms with Crippen LogP contribution < -0.4 is 5.32 Å². The van der Waals surface area contributed by atoms with Crippen molar-refractivity contribution >= 4 is 5.96 Å². The van der Waals surface area contributed by atoms with Gasteiger partial charge in [0.15, 0.2) is 5.96 Å². The average Bonchev–Trinajstić information content (AvgIpc) is 3.20. The normalized spacial score (nSPS) is 35.2. The van der Waals surface area contributed by atoms with E-state index in [1.807, 2.05) is 7.05 Å². The van der Waals surface area contributed by atoms with Crippen LogP contribution >= 0.6 is 0 Å². The summed E-state index contributed by atoms with van der Waals surface area (Å²) in [6.45, 7) is 7.95. The first-order chi connectivity index (χ1) is 11.2. The Bertz CT molecular complexity index is 407. The zero-order valence-corrected chi connectivity index (χ0v) is 14.9. The molecule has 2 aliphatic heterocycles. The number of hydrogen-bond donors (Lipinski definition) is 1. The highest BCUT2D eigenvalue weighted by Crippen LogP contribution is 2.38. The highest BCUT2D eigenvalue weighted by Gasteiger charge is 2.42. The quantitative estimate of drug-likeness (QED) is 0.490. The van der Waals surface area contributed by atoms with Crippen molar-refractivity contribution in [2.45, 2.75) is 51.6 Å². The Kier molecular flexibility index (Phi) is 5.81. The first-order valence-corrected chi connectivity index (χ1v) is 9.37. The lowest BCUT2D eigenvalue weighted by molar-refractivity contribution is -0.00215. The van der Waals surface area contributed by atoms with Crippen LogP contribution in [0.5, 0.6) is 0 Å². The number of nitrogens with one attached hydrogen (secondary N) is 1. The van der Waals surface area contributed by atoms with Crippen molar-refractivity contribution in [3.63, 3.8) is 0 Å². The standard InChI is InChI=1S/C18H33N3O2/c1-15-5-3-4-6-16(15)23-12-9-20-17(19-2)21-10-7-18(13-21)8-11-22-14-18/h15-16H,3-14H2,1-2H3,(H,19,20). The Morgan fingerprint density at radius 2 is 2.22 bits per heavy atom. The van der Waals surface area contributed by atoms with Gasteiger partial charge in [0.1, 0.15) is 0 Å². The largest absolute Gasteiger partial charge is 0.381 e. The Hall–Kier alpha value is -0.810. The van der Waals surface area contributed by atoms with Gasteiger partial charge in [0.2, 0.25) is 0 Å². The molecular weight excluding hydrogens is 290 g/mol. The highest BCUT2D eigenvalue weighted by molar-refractivity contribution is 5.80. The minimum atomic E-state index is 0.381. The van der Waals surface area contributed by atoms with Crippen molar-refractivity contribution in [2.75, 3.05) is 46.5 Å². The molecule has 1 aliphatic carbocycles. The second-order valence-electron chi connectivity index (χ2n) is 7.62. The molecule has 3 fully saturated rings. The Labute approximate surface area is 140 Å². The van der Waals surface area contributed by atoms with E-state index in [9.17, 15) is 0 Å². The lowest BCUT2D eigenvalue weighted by Gasteiger charge is -2.29. The van der Waals surface area contributed by atoms with E-state index >= 15 is 0 Å². The third-order valence-corrected chi connectivity index (χ3v) is 5.88. The van der Waals surface area contributed by atoms with Crippen molar-refractivity contribution < 1.29 is 9.47 Å². The van der Waals surface area contributed by atoms with E-state index in [0.29, 0.717) is 17.4 Å². The molecule has 3 aliphatic rings. The van der Waals surface area contributed by atoms with Gasteiger partial charge in [0.05, 0.1) is 19.3 Å². The molecule has 3 atom stereocenters. The Morgan fingerprint density at radius 3 is 2.96 bits per heavy atom. The van der Waals surface area contributed by atoms with Gasteiger partial charge in [-0.3, -0.25) is 4.99 Å². The molecule has 2 heterocycles. The van der Waals surface area contributed by atoms with E-state index in [2.05, 4.69) is 22.1 Å². The monoisotopic (exact) mass is 323 g/mol. The summed E-state index contributed by atoms with van der Waals surface area (Å²) in [6.07, 6.45) is 8.11. The predicted molar refractivity (Wildman–Crippen MR) is 92.8 cm³/mol. The van der Waals surface area contributed by atoms with E-state index in [4.69, 9.17) is 9.47 Å². The predicted octanol–water partition coefficient (Wildman–Crippen LogP) is 2.27. The molecular formula is C18H33N3O2. The van der Waals surface area contributed by atoms with Crippen LogP contribution in [0, 0.1) is 11.3 Å². The number of rotatable bonds is 4. The van der Waals surface area contributed by atoms with Crippen LogP contribution in [-0.4, -0.2) is 63.5 Å². The number of hydrogen-bond acceptors (Lipinski definition) is 3. The van der Waals surface area contributed by atoms with Crippen molar-refractivity contribution in [1.29, 1.82) is 0 Å². The number of likely N-dealkylation sites (tertiary alicyclic amines) is 1. The van der Waals surface area contributed by atoms with Crippen LogP contribution in [0.4, 0.5) is 0 Å². The van der Waals surface area contributed by atoms with E-state index < -0.39 is 0 Å². The van der Waals surface area contributed by atoms with Crippen LogP contribution in [0.15, 0.2) is 4.99 Å². The van der Waals surface area contributed by atoms with Crippen molar-refractivity contribution in [1.82, 2.24) is 10.2 Å². The van der Waals surface area contributed by atoms with Gasteiger partial charge in [0, 0.05) is 38.7 Å². The van der Waals surface area contributed by atoms with Crippen molar-refractivity contribution in [2.24, 2.45) is 16.3 Å². The van der Waals surface area contributed by atoms with Crippen LogP contribution in [0.25, 0.3) is 0 Å². The first-order valence-electron chi connectivity index (χ1n) is 9.37. The van der Waals surface area contributed by atoms with Gasteiger partial charge < -0.3 is 19.7 Å². The van der Waals surface area contributed by atoms with Gasteiger partial charge in [-0.25, -0.2) is 0 Å². The van der Waals surface area contributed by atoms with E-state index in [1.165, 1.54) is 38.5 Å². The van der Waals surface area contributed by atoms with E-state index in [1.54, 1.807) is 0 Å². The van der Waals surface area contributed by atoms with E-state index in [-0.39, 0.29) is 0 Å². The Balaban J connectivity index is 1.38. The SMILES string of the molecule is CN=C(NCCOC1CCCCC1C)N1CCC2(CCOC2)C1. The number of aliphatic imine (C=N–C) groups is 1. The molecule has 3 unspecified atom stereocenters. The maximum atomic E-state index is 6.09. The summed E-state index contributed by atoms with van der Waals surface area (Å²) in [6, 6.07) is 0. The Morgan fingerprint density at radius 1 is 1.35 bits per heavy atom. The second-order valence-corrected chi connectivity index (χ2v) is 7.62. The average molecular weight is 323 g/mol. The van der Waals surface area contributed by atoms with Crippen LogP contribution in [0.1, 0.15) is 45.4 Å². The minimum Gasteiger partial charge on any atom is -0.381 e. The van der Waals surface area contributed by atoms with Crippen molar-refractivity contribution in [3.05, 3.63) is 0 Å². The molecule has 1 spiro atoms. The highest BCUT2D eigenvalue weighted by atomic mass is 16.5. The molecule has 0 bridgehead atoms. The van der Waals surface area contributed by atoms with Crippen LogP contribution in [0.3, 0.4) is 0 Å². The van der Waals surface area contributed by atoms with Gasteiger partial charge in [-0.2, -0.15) is 0 Å². The van der Waals surface area contributed by atoms with Crippen LogP contribution in [0.2, 0.25) is 0 Å². The number of nitrogens with zero attached hydrogens (tertiary/aromatic N) is 2. The summed E-state index contributed by atoms with van der Waals surface area (Å²) in [7, 11) is 1.88. The molecule has 23 heavy (non-hydrogen) atoms. The topological polar surface area (TPSA) is 46.1 Å². The van der Waals surface area contributed by atoms with Gasteiger partial charge >= 0.3 is 0 Å². The summed E-state index contributed by atoms with van der Waals surface area (Å²) in [5.74, 6) is 1.73. The summed E-state index contributed by atoms with van der Waals surface area (Å²) < 4.78 is 11.7. The lowest BCUT2D eigenvalue weighted by Crippen LogP contribution is -2.43. The summed E-state index contributed by atoms with van der Waals surface area (Å²) in [4.78, 5) is 6.85. The molecule has 0 radical (unpaired) electrons. The third-order valence-electron chi connectivity index (χ3n) is 5.88. The maximum absolute atomic E-state index is 6.09. The zero-order valence-electron chi connectivity index (χ0n) is 14.9. The number of guanidine groups is 1. The summed E-state index contributed by atoms with van der Waals surface area (Å²) >= 11 is 0. The summed E-state index contributed by atoms with van der Waals surface area (Å²) in [5.41, 5.74) is 0.381. The minimum absolute atomic E-state index is 0.381. The molecule has 0 amide bonds. The molecule has 1 saturated carbocycles. The molecule has 0 aromatic rings. The molecule has 5 nitrogen and oxygen atoms in total. The zero-order chi connectivity index (χ0) is 16.1. The number of ether oxygens (including phenoxy) is 2.